The summed E-state index contributed by atoms with van der Waals surface area (Å²) in [7, 11) is 0. The highest BCUT2D eigenvalue weighted by molar-refractivity contribution is 6.04. The largest absolute Gasteiger partial charge is 0.419 e. The number of nitrogens with one attached hydrogen (secondary N) is 1. The fourth-order valence-electron chi connectivity index (χ4n) is 3.51. The van der Waals surface area contributed by atoms with Crippen molar-refractivity contribution in [3.05, 3.63) is 113 Å². The minimum absolute atomic E-state index is 0.324. The Hall–Kier alpha value is -4.60. The molecular formula is C26H19F4N5O. The third-order valence-corrected chi connectivity index (χ3v) is 5.25. The van der Waals surface area contributed by atoms with Crippen molar-refractivity contribution in [2.45, 2.75) is 12.6 Å². The Kier molecular flexibility index (Phi) is 7.05. The minimum Gasteiger partial charge on any atom is -0.322 e. The molecular weight excluding hydrogens is 474 g/mol. The maximum absolute atomic E-state index is 13.6. The Morgan fingerprint density at radius 3 is 2.61 bits per heavy atom. The molecule has 1 N–H and O–H groups in total. The summed E-state index contributed by atoms with van der Waals surface area (Å²) >= 11 is 0. The van der Waals surface area contributed by atoms with Gasteiger partial charge in [0.25, 0.3) is 5.91 Å². The highest BCUT2D eigenvalue weighted by Gasteiger charge is 2.34. The van der Waals surface area contributed by atoms with Crippen molar-refractivity contribution in [1.82, 2.24) is 9.99 Å². The number of allylic oxidation sites excluding steroid dienone is 2. The van der Waals surface area contributed by atoms with Crippen molar-refractivity contribution < 1.29 is 22.4 Å². The van der Waals surface area contributed by atoms with Crippen molar-refractivity contribution in [3.63, 3.8) is 0 Å². The van der Waals surface area contributed by atoms with Crippen LogP contribution in [-0.2, 0) is 12.6 Å². The predicted molar refractivity (Wildman–Crippen MR) is 130 cm³/mol. The van der Waals surface area contributed by atoms with Gasteiger partial charge in [0, 0.05) is 42.1 Å². The van der Waals surface area contributed by atoms with Gasteiger partial charge in [0.05, 0.1) is 11.3 Å². The Morgan fingerprint density at radius 1 is 1.11 bits per heavy atom. The molecule has 3 aromatic rings. The van der Waals surface area contributed by atoms with Gasteiger partial charge in [-0.1, -0.05) is 12.1 Å². The summed E-state index contributed by atoms with van der Waals surface area (Å²) in [4.78, 5) is 21.0. The second-order valence-corrected chi connectivity index (χ2v) is 7.63. The number of halogens is 4. The molecule has 2 heterocycles. The second kappa shape index (κ2) is 10.3. The van der Waals surface area contributed by atoms with Crippen LogP contribution in [0.25, 0.3) is 5.70 Å². The van der Waals surface area contributed by atoms with Gasteiger partial charge in [-0.05, 0) is 66.6 Å². The molecule has 4 rings (SSSR count). The fourth-order valence-corrected chi connectivity index (χ4v) is 3.51. The van der Waals surface area contributed by atoms with E-state index in [1.807, 2.05) is 18.2 Å². The van der Waals surface area contributed by atoms with Gasteiger partial charge in [-0.2, -0.15) is 18.3 Å². The van der Waals surface area contributed by atoms with Gasteiger partial charge in [-0.3, -0.25) is 9.78 Å². The molecule has 0 unspecified atom stereocenters. The maximum Gasteiger partial charge on any atom is 0.419 e. The van der Waals surface area contributed by atoms with Crippen molar-refractivity contribution >= 4 is 30.2 Å². The standard InChI is InChI=1S/C26H19F4N5O/c1-31-35-23(11-14-33-24(35)8-5-17-9-12-32-13-10-17)18-3-2-4-20(15-18)34-25(36)19-6-7-22(27)21(16-19)26(28,29)30/h2-4,6-16H,1,5H2,(H,34,36)/b24-8-. The molecule has 10 heteroatoms. The molecule has 182 valence electrons. The number of pyridine rings is 1. The molecule has 0 atom stereocenters. The van der Waals surface area contributed by atoms with Gasteiger partial charge >= 0.3 is 6.18 Å². The number of nitrogens with zero attached hydrogens (tertiary/aromatic N) is 4. The summed E-state index contributed by atoms with van der Waals surface area (Å²) in [5.74, 6) is -1.72. The summed E-state index contributed by atoms with van der Waals surface area (Å²) in [6.07, 6.45) is 4.27. The Balaban J connectivity index is 1.55. The zero-order valence-electron chi connectivity index (χ0n) is 18.7. The molecule has 1 aromatic heterocycles. The molecule has 0 fully saturated rings. The van der Waals surface area contributed by atoms with Gasteiger partial charge < -0.3 is 5.32 Å². The van der Waals surface area contributed by atoms with Crippen LogP contribution in [0, 0.1) is 5.82 Å². The quantitative estimate of drug-likeness (QED) is 0.342. The van der Waals surface area contributed by atoms with Crippen molar-refractivity contribution in [1.29, 1.82) is 0 Å². The van der Waals surface area contributed by atoms with Crippen LogP contribution in [0.5, 0.6) is 0 Å². The minimum atomic E-state index is -4.92. The molecule has 1 aliphatic rings. The van der Waals surface area contributed by atoms with Gasteiger partial charge in [0.1, 0.15) is 11.6 Å². The average molecular weight is 493 g/mol. The van der Waals surface area contributed by atoms with Crippen LogP contribution in [0.1, 0.15) is 27.0 Å². The van der Waals surface area contributed by atoms with Crippen LogP contribution in [0.4, 0.5) is 23.2 Å². The second-order valence-electron chi connectivity index (χ2n) is 7.63. The molecule has 36 heavy (non-hydrogen) atoms. The molecule has 6 nitrogen and oxygen atoms in total. The number of hydrazone groups is 1. The predicted octanol–water partition coefficient (Wildman–Crippen LogP) is 5.92. The van der Waals surface area contributed by atoms with Gasteiger partial charge in [0.15, 0.2) is 0 Å². The zero-order valence-corrected chi connectivity index (χ0v) is 18.7. The van der Waals surface area contributed by atoms with E-state index in [4.69, 9.17) is 0 Å². The molecule has 0 bridgehead atoms. The fraction of sp³-hybridized carbons (Fsp3) is 0.0769. The van der Waals surface area contributed by atoms with E-state index in [0.717, 1.165) is 11.6 Å². The highest BCUT2D eigenvalue weighted by atomic mass is 19.4. The molecule has 0 radical (unpaired) electrons. The molecule has 0 saturated carbocycles. The number of amides is 1. The number of hydrogen-bond donors (Lipinski definition) is 1. The average Bonchev–Trinajstić information content (AvgIpc) is 2.87. The molecule has 0 saturated heterocycles. The first kappa shape index (κ1) is 24.5. The number of hydrogen-bond acceptors (Lipinski definition) is 5. The van der Waals surface area contributed by atoms with E-state index in [1.54, 1.807) is 48.9 Å². The maximum atomic E-state index is 13.6. The van der Waals surface area contributed by atoms with E-state index in [1.165, 1.54) is 5.01 Å². The van der Waals surface area contributed by atoms with Crippen LogP contribution >= 0.6 is 0 Å². The summed E-state index contributed by atoms with van der Waals surface area (Å²) in [6, 6.07) is 12.5. The van der Waals surface area contributed by atoms with E-state index in [9.17, 15) is 22.4 Å². The number of aliphatic imine (C=N–C) groups is 1. The molecule has 1 amide bonds. The molecule has 0 spiro atoms. The Morgan fingerprint density at radius 2 is 1.89 bits per heavy atom. The number of rotatable bonds is 6. The third-order valence-electron chi connectivity index (χ3n) is 5.25. The summed E-state index contributed by atoms with van der Waals surface area (Å²) < 4.78 is 52.6. The number of aromatic nitrogens is 1. The number of anilines is 1. The Bertz CT molecular complexity index is 1380. The lowest BCUT2D eigenvalue weighted by molar-refractivity contribution is -0.140. The lowest BCUT2D eigenvalue weighted by Crippen LogP contribution is -2.18. The third kappa shape index (κ3) is 5.54. The monoisotopic (exact) mass is 493 g/mol. The molecule has 1 aliphatic heterocycles. The first-order valence-corrected chi connectivity index (χ1v) is 10.6. The van der Waals surface area contributed by atoms with Crippen LogP contribution in [-0.4, -0.2) is 28.8 Å². The smallest absolute Gasteiger partial charge is 0.322 e. The van der Waals surface area contributed by atoms with Gasteiger partial charge in [0.2, 0.25) is 0 Å². The van der Waals surface area contributed by atoms with Crippen LogP contribution in [0.15, 0.2) is 95.1 Å². The van der Waals surface area contributed by atoms with Crippen LogP contribution in [0.3, 0.4) is 0 Å². The van der Waals surface area contributed by atoms with Crippen LogP contribution in [0.2, 0.25) is 0 Å². The van der Waals surface area contributed by atoms with Gasteiger partial charge in [-0.25, -0.2) is 14.4 Å². The topological polar surface area (TPSA) is 70.0 Å². The van der Waals surface area contributed by atoms with E-state index in [2.05, 4.69) is 27.1 Å². The zero-order chi connectivity index (χ0) is 25.7. The number of alkyl halides is 3. The number of carbonyl (C=O) groups is 1. The van der Waals surface area contributed by atoms with E-state index in [-0.39, 0.29) is 5.56 Å². The number of benzene rings is 2. The Labute approximate surface area is 204 Å². The summed E-state index contributed by atoms with van der Waals surface area (Å²) in [5, 5.41) is 8.16. The SMILES string of the molecule is C=NN1C(c2cccc(NC(=O)c3ccc(F)c(C(F)(F)F)c3)c2)=CC=N/C1=C/Cc1ccncc1. The molecule has 2 aromatic carbocycles. The lowest BCUT2D eigenvalue weighted by Gasteiger charge is -2.25. The van der Waals surface area contributed by atoms with Crippen molar-refractivity contribution in [3.8, 4) is 0 Å². The normalized spacial score (nSPS) is 14.5. The number of carbonyl (C=O) groups excluding carboxylic acids is 1. The van der Waals surface area contributed by atoms with E-state index in [0.29, 0.717) is 41.3 Å². The van der Waals surface area contributed by atoms with Crippen molar-refractivity contribution in [2.24, 2.45) is 10.1 Å². The first-order valence-electron chi connectivity index (χ1n) is 10.6. The van der Waals surface area contributed by atoms with E-state index < -0.39 is 23.5 Å². The van der Waals surface area contributed by atoms with Crippen molar-refractivity contribution in [2.75, 3.05) is 5.32 Å². The highest BCUT2D eigenvalue weighted by Crippen LogP contribution is 2.32. The van der Waals surface area contributed by atoms with Crippen LogP contribution < -0.4 is 5.32 Å². The lowest BCUT2D eigenvalue weighted by atomic mass is 10.1. The van der Waals surface area contributed by atoms with Gasteiger partial charge in [-0.15, -0.1) is 0 Å². The summed E-state index contributed by atoms with van der Waals surface area (Å²) in [5.41, 5.74) is 0.801. The first-order chi connectivity index (χ1) is 17.3. The molecule has 0 aliphatic carbocycles. The summed E-state index contributed by atoms with van der Waals surface area (Å²) in [6.45, 7) is 3.63. The van der Waals surface area contributed by atoms with E-state index >= 15 is 0 Å².